The molecule has 1 unspecified atom stereocenters. The van der Waals surface area contributed by atoms with Crippen LogP contribution in [-0.4, -0.2) is 87.9 Å². The minimum Gasteiger partial charge on any atom is -0.496 e. The van der Waals surface area contributed by atoms with Gasteiger partial charge in [-0.05, 0) is 43.2 Å². The number of carbonyl (C=O) groups excluding carboxylic acids is 1. The number of nitrogens with one attached hydrogen (secondary N) is 2. The summed E-state index contributed by atoms with van der Waals surface area (Å²) in [6, 6.07) is 13.6. The number of para-hydroxylation sites is 1. The molecule has 2 aliphatic rings. The molecule has 15 heteroatoms. The van der Waals surface area contributed by atoms with E-state index in [2.05, 4.69) is 15.8 Å². The highest BCUT2D eigenvalue weighted by molar-refractivity contribution is 7.93. The van der Waals surface area contributed by atoms with Crippen LogP contribution in [0.4, 0.5) is 0 Å². The Morgan fingerprint density at radius 2 is 1.80 bits per heavy atom. The monoisotopic (exact) mass is 612 g/mol. The van der Waals surface area contributed by atoms with Gasteiger partial charge in [0.1, 0.15) is 11.5 Å². The second kappa shape index (κ2) is 14.8. The lowest BCUT2D eigenvalue weighted by Gasteiger charge is -2.39. The molecule has 4 rings (SSSR count). The first-order valence-corrected chi connectivity index (χ1v) is 14.5. The molecule has 0 aliphatic carbocycles. The van der Waals surface area contributed by atoms with E-state index in [0.717, 1.165) is 11.3 Å². The van der Waals surface area contributed by atoms with Crippen LogP contribution in [-0.2, 0) is 19.4 Å². The van der Waals surface area contributed by atoms with Crippen LogP contribution in [0.25, 0.3) is 0 Å². The van der Waals surface area contributed by atoms with Crippen molar-refractivity contribution in [1.82, 2.24) is 20.9 Å². The maximum atomic E-state index is 13.6. The van der Waals surface area contributed by atoms with Gasteiger partial charge in [0.25, 0.3) is 5.91 Å². The number of hydrogen-bond acceptors (Lipinski definition) is 12. The van der Waals surface area contributed by atoms with Gasteiger partial charge in [-0.3, -0.25) is 10.0 Å². The van der Waals surface area contributed by atoms with Gasteiger partial charge >= 0.3 is 0 Å². The summed E-state index contributed by atoms with van der Waals surface area (Å²) in [6.45, 7) is 2.84. The number of carbonyl (C=O) groups is 1. The third-order valence-corrected chi connectivity index (χ3v) is 9.72. The predicted octanol–water partition coefficient (Wildman–Crippen LogP) is 2.53. The normalized spacial score (nSPS) is 18.5. The van der Waals surface area contributed by atoms with E-state index in [1.807, 2.05) is 29.2 Å². The molecule has 0 bridgehead atoms. The summed E-state index contributed by atoms with van der Waals surface area (Å²) in [7, 11) is -0.888. The molecule has 1 saturated heterocycles. The summed E-state index contributed by atoms with van der Waals surface area (Å²) in [5.74, 6) is 0.307. The molecule has 0 radical (unpaired) electrons. The molecule has 1 amide bonds. The van der Waals surface area contributed by atoms with Crippen molar-refractivity contribution in [2.75, 3.05) is 53.6 Å². The number of halogens is 1. The van der Waals surface area contributed by atoms with Crippen LogP contribution in [0.2, 0.25) is 0 Å². The molecule has 3 N–H and O–H groups in total. The number of hydrazine groups is 1. The summed E-state index contributed by atoms with van der Waals surface area (Å²) >= 11 is 0. The molecule has 13 nitrogen and oxygen atoms in total. The number of rotatable bonds is 13. The Kier molecular flexibility index (Phi) is 11.7. The third-order valence-electron chi connectivity index (χ3n) is 7.20. The van der Waals surface area contributed by atoms with Crippen molar-refractivity contribution < 1.29 is 32.6 Å². The van der Waals surface area contributed by atoms with E-state index in [9.17, 15) is 18.4 Å². The first kappa shape index (κ1) is 32.5. The molecule has 0 aromatic heterocycles. The van der Waals surface area contributed by atoms with Crippen LogP contribution in [0, 0.1) is 0 Å². The lowest BCUT2D eigenvalue weighted by Crippen LogP contribution is -2.57. The Bertz CT molecular complexity index is 1270. The van der Waals surface area contributed by atoms with Crippen molar-refractivity contribution in [1.29, 1.82) is 0 Å². The standard InChI is InChI=1S/C26H36N6O7S.ClH/c1-37-19-17-31-15-12-26(13-16-31,25(33)29-34)40(35,36)21-10-8-20(9-11-21)39-18-5-14-32-28-24(27-30-32)22-6-3-4-7-23(22)38-2;/h3-4,6-11,24,28,34H,5,12-19H2,1-2H3,(H,29,33);1H. The number of sulfone groups is 1. The molecule has 226 valence electrons. The second-order valence-corrected chi connectivity index (χ2v) is 11.8. The summed E-state index contributed by atoms with van der Waals surface area (Å²) < 4.78 is 41.8. The minimum atomic E-state index is -4.10. The number of piperidine rings is 1. The molecule has 2 heterocycles. The van der Waals surface area contributed by atoms with Crippen LogP contribution >= 0.6 is 12.4 Å². The van der Waals surface area contributed by atoms with Crippen molar-refractivity contribution >= 4 is 28.2 Å². The average Bonchev–Trinajstić information content (AvgIpc) is 3.47. The Morgan fingerprint density at radius 3 is 2.46 bits per heavy atom. The summed E-state index contributed by atoms with van der Waals surface area (Å²) in [6.07, 6.45) is 0.414. The fourth-order valence-corrected chi connectivity index (χ4v) is 6.82. The molecule has 2 aromatic carbocycles. The first-order valence-electron chi connectivity index (χ1n) is 13.1. The van der Waals surface area contributed by atoms with Gasteiger partial charge in [0.05, 0.1) is 31.8 Å². The van der Waals surface area contributed by atoms with Crippen LogP contribution in [0.15, 0.2) is 63.8 Å². The zero-order valence-corrected chi connectivity index (χ0v) is 24.7. The number of ether oxygens (including phenoxy) is 3. The van der Waals surface area contributed by atoms with E-state index >= 15 is 0 Å². The summed E-state index contributed by atoms with van der Waals surface area (Å²) in [5, 5.41) is 19.4. The average molecular weight is 613 g/mol. The van der Waals surface area contributed by atoms with E-state index in [-0.39, 0.29) is 36.3 Å². The van der Waals surface area contributed by atoms with E-state index in [0.29, 0.717) is 51.6 Å². The smallest absolute Gasteiger partial charge is 0.265 e. The van der Waals surface area contributed by atoms with Crippen molar-refractivity contribution in [3.63, 3.8) is 0 Å². The molecular formula is C26H37ClN6O7S. The highest BCUT2D eigenvalue weighted by atomic mass is 35.5. The molecule has 0 spiro atoms. The Balaban J connectivity index is 0.00000462. The van der Waals surface area contributed by atoms with Crippen molar-refractivity contribution in [2.45, 2.75) is 35.1 Å². The Morgan fingerprint density at radius 1 is 1.10 bits per heavy atom. The number of hydroxylamine groups is 1. The third kappa shape index (κ3) is 7.26. The van der Waals surface area contributed by atoms with Gasteiger partial charge in [-0.1, -0.05) is 23.4 Å². The Labute approximate surface area is 246 Å². The van der Waals surface area contributed by atoms with Crippen molar-refractivity contribution in [2.24, 2.45) is 10.3 Å². The van der Waals surface area contributed by atoms with Crippen LogP contribution in [0.5, 0.6) is 11.5 Å². The van der Waals surface area contributed by atoms with E-state index in [1.165, 1.54) is 12.1 Å². The lowest BCUT2D eigenvalue weighted by atomic mass is 9.95. The first-order chi connectivity index (χ1) is 19.3. The zero-order valence-electron chi connectivity index (χ0n) is 23.1. The van der Waals surface area contributed by atoms with Gasteiger partial charge in [0.15, 0.2) is 20.8 Å². The molecular weight excluding hydrogens is 576 g/mol. The fraction of sp³-hybridized carbons (Fsp3) is 0.500. The number of nitrogens with zero attached hydrogens (tertiary/aromatic N) is 4. The largest absolute Gasteiger partial charge is 0.496 e. The van der Waals surface area contributed by atoms with Crippen molar-refractivity contribution in [3.8, 4) is 11.5 Å². The maximum absolute atomic E-state index is 13.6. The van der Waals surface area contributed by atoms with Gasteiger partial charge in [0, 0.05) is 38.7 Å². The lowest BCUT2D eigenvalue weighted by molar-refractivity contribution is -0.133. The number of amides is 1. The molecule has 2 aromatic rings. The van der Waals surface area contributed by atoms with Gasteiger partial charge < -0.3 is 19.1 Å². The molecule has 41 heavy (non-hydrogen) atoms. The van der Waals surface area contributed by atoms with E-state index in [1.54, 1.807) is 37.0 Å². The fourth-order valence-electron chi connectivity index (χ4n) is 4.86. The van der Waals surface area contributed by atoms with Gasteiger partial charge in [0.2, 0.25) is 0 Å². The van der Waals surface area contributed by atoms with Gasteiger partial charge in [-0.2, -0.15) is 5.43 Å². The highest BCUT2D eigenvalue weighted by Crippen LogP contribution is 2.36. The number of methoxy groups -OCH3 is 2. The van der Waals surface area contributed by atoms with Crippen molar-refractivity contribution in [3.05, 3.63) is 54.1 Å². The van der Waals surface area contributed by atoms with Gasteiger partial charge in [-0.25, -0.2) is 19.0 Å². The SMILES string of the molecule is COCCN1CCC(C(=O)NO)(S(=O)(=O)c2ccc(OCCCN3N=NC(c4ccccc4OC)N3)cc2)CC1.Cl. The predicted molar refractivity (Wildman–Crippen MR) is 152 cm³/mol. The molecule has 1 fully saturated rings. The molecule has 1 atom stereocenters. The maximum Gasteiger partial charge on any atom is 0.265 e. The van der Waals surface area contributed by atoms with Gasteiger partial charge in [-0.15, -0.1) is 17.5 Å². The zero-order chi connectivity index (χ0) is 28.6. The topological polar surface area (TPSA) is 154 Å². The van der Waals surface area contributed by atoms with Crippen LogP contribution in [0.1, 0.15) is 31.0 Å². The minimum absolute atomic E-state index is 0. The number of hydrogen-bond donors (Lipinski definition) is 3. The van der Waals surface area contributed by atoms with Crippen LogP contribution in [0.3, 0.4) is 0 Å². The Hall–Kier alpha value is -3.01. The number of benzene rings is 2. The summed E-state index contributed by atoms with van der Waals surface area (Å²) in [4.78, 5) is 14.7. The van der Waals surface area contributed by atoms with Crippen LogP contribution < -0.4 is 20.4 Å². The molecule has 2 aliphatic heterocycles. The second-order valence-electron chi connectivity index (χ2n) is 9.55. The van der Waals surface area contributed by atoms with E-state index in [4.69, 9.17) is 14.2 Å². The highest BCUT2D eigenvalue weighted by Gasteiger charge is 2.52. The summed E-state index contributed by atoms with van der Waals surface area (Å²) in [5.41, 5.74) is 5.67. The quantitative estimate of drug-likeness (QED) is 0.175. The molecule has 0 saturated carbocycles. The number of likely N-dealkylation sites (tertiary alicyclic amines) is 1. The van der Waals surface area contributed by atoms with E-state index < -0.39 is 20.5 Å².